The van der Waals surface area contributed by atoms with Crippen LogP contribution in [0.1, 0.15) is 29.2 Å². The summed E-state index contributed by atoms with van der Waals surface area (Å²) >= 11 is 0. The van der Waals surface area contributed by atoms with Crippen molar-refractivity contribution in [3.05, 3.63) is 65.2 Å². The van der Waals surface area contributed by atoms with Crippen molar-refractivity contribution in [2.45, 2.75) is 25.8 Å². The highest BCUT2D eigenvalue weighted by molar-refractivity contribution is 5.84. The Labute approximate surface area is 134 Å². The molecule has 0 bridgehead atoms. The molecule has 0 radical (unpaired) electrons. The third kappa shape index (κ3) is 4.85. The van der Waals surface area contributed by atoms with Crippen molar-refractivity contribution < 1.29 is 19.8 Å². The quantitative estimate of drug-likeness (QED) is 0.765. The normalized spacial score (nSPS) is 11.7. The van der Waals surface area contributed by atoms with Gasteiger partial charge in [-0.2, -0.15) is 0 Å². The fraction of sp³-hybridized carbons (Fsp3) is 0.222. The van der Waals surface area contributed by atoms with Gasteiger partial charge in [-0.25, -0.2) is 4.79 Å². The number of phenols is 1. The van der Waals surface area contributed by atoms with E-state index >= 15 is 0 Å². The third-order valence-electron chi connectivity index (χ3n) is 3.50. The Balaban J connectivity index is 1.98. The Morgan fingerprint density at radius 3 is 2.43 bits per heavy atom. The van der Waals surface area contributed by atoms with Gasteiger partial charge < -0.3 is 15.5 Å². The zero-order valence-corrected chi connectivity index (χ0v) is 12.8. The van der Waals surface area contributed by atoms with Gasteiger partial charge >= 0.3 is 5.97 Å². The molecule has 0 aliphatic rings. The predicted octanol–water partition coefficient (Wildman–Crippen LogP) is 2.58. The number of rotatable bonds is 6. The van der Waals surface area contributed by atoms with Gasteiger partial charge in [0, 0.05) is 6.42 Å². The number of aromatic hydroxyl groups is 1. The van der Waals surface area contributed by atoms with Crippen LogP contribution in [-0.4, -0.2) is 22.1 Å². The molecule has 5 heteroatoms. The lowest BCUT2D eigenvalue weighted by molar-refractivity contribution is -0.142. The average molecular weight is 313 g/mol. The monoisotopic (exact) mass is 313 g/mol. The number of phenolic OH excluding ortho intramolecular Hbond substituents is 1. The van der Waals surface area contributed by atoms with E-state index in [1.165, 1.54) is 0 Å². The molecule has 0 unspecified atom stereocenters. The van der Waals surface area contributed by atoms with Crippen LogP contribution in [0.25, 0.3) is 0 Å². The fourth-order valence-corrected chi connectivity index (χ4v) is 2.29. The van der Waals surface area contributed by atoms with Crippen molar-refractivity contribution in [1.82, 2.24) is 5.32 Å². The maximum Gasteiger partial charge on any atom is 0.330 e. The Kier molecular flexibility index (Phi) is 5.36. The molecule has 0 aromatic heterocycles. The molecule has 3 N–H and O–H groups in total. The third-order valence-corrected chi connectivity index (χ3v) is 3.50. The van der Waals surface area contributed by atoms with Crippen molar-refractivity contribution in [1.29, 1.82) is 0 Å². The minimum Gasteiger partial charge on any atom is -0.508 e. The van der Waals surface area contributed by atoms with E-state index in [1.54, 1.807) is 42.5 Å². The summed E-state index contributed by atoms with van der Waals surface area (Å²) in [6, 6.07) is 12.6. The maximum absolute atomic E-state index is 12.0. The Bertz CT molecular complexity index is 694. The van der Waals surface area contributed by atoms with Crippen LogP contribution >= 0.6 is 0 Å². The Hall–Kier alpha value is -2.82. The maximum atomic E-state index is 12.0. The van der Waals surface area contributed by atoms with Gasteiger partial charge in [-0.05, 0) is 36.6 Å². The van der Waals surface area contributed by atoms with E-state index in [-0.39, 0.29) is 18.1 Å². The zero-order chi connectivity index (χ0) is 16.8. The summed E-state index contributed by atoms with van der Waals surface area (Å²) in [7, 11) is 0. The second kappa shape index (κ2) is 7.45. The van der Waals surface area contributed by atoms with Crippen molar-refractivity contribution in [2.24, 2.45) is 0 Å². The number of carboxylic acid groups (broad SMARTS) is 1. The van der Waals surface area contributed by atoms with Crippen LogP contribution in [0.3, 0.4) is 0 Å². The molecule has 5 nitrogen and oxygen atoms in total. The van der Waals surface area contributed by atoms with E-state index in [1.807, 2.05) is 13.0 Å². The molecule has 1 amide bonds. The molecular weight excluding hydrogens is 294 g/mol. The van der Waals surface area contributed by atoms with Crippen LogP contribution in [0, 0.1) is 6.92 Å². The number of aryl methyl sites for hydroxylation is 2. The van der Waals surface area contributed by atoms with E-state index < -0.39 is 12.0 Å². The molecule has 2 aromatic rings. The molecule has 0 aliphatic carbocycles. The molecule has 0 saturated carbocycles. The number of hydrogen-bond acceptors (Lipinski definition) is 3. The van der Waals surface area contributed by atoms with Gasteiger partial charge in [0.05, 0.1) is 0 Å². The number of nitrogens with one attached hydrogen (secondary N) is 1. The highest BCUT2D eigenvalue weighted by Gasteiger charge is 2.21. The van der Waals surface area contributed by atoms with E-state index in [0.29, 0.717) is 12.0 Å². The van der Waals surface area contributed by atoms with E-state index in [2.05, 4.69) is 5.32 Å². The van der Waals surface area contributed by atoms with Crippen LogP contribution in [0.4, 0.5) is 0 Å². The topological polar surface area (TPSA) is 86.6 Å². The van der Waals surface area contributed by atoms with Gasteiger partial charge in [-0.1, -0.05) is 42.0 Å². The van der Waals surface area contributed by atoms with E-state index in [9.17, 15) is 19.8 Å². The largest absolute Gasteiger partial charge is 0.508 e. The van der Waals surface area contributed by atoms with Crippen LogP contribution in [0.15, 0.2) is 48.5 Å². The predicted molar refractivity (Wildman–Crippen MR) is 86.1 cm³/mol. The molecule has 2 aromatic carbocycles. The van der Waals surface area contributed by atoms with Crippen LogP contribution < -0.4 is 5.32 Å². The van der Waals surface area contributed by atoms with Crippen LogP contribution in [0.2, 0.25) is 0 Å². The molecule has 23 heavy (non-hydrogen) atoms. The van der Waals surface area contributed by atoms with Crippen LogP contribution in [-0.2, 0) is 16.0 Å². The molecular formula is C18H19NO4. The first-order valence-electron chi connectivity index (χ1n) is 7.32. The number of carbonyl (C=O) groups excluding carboxylic acids is 1. The minimum absolute atomic E-state index is 0.170. The highest BCUT2D eigenvalue weighted by Crippen LogP contribution is 2.16. The number of benzene rings is 2. The van der Waals surface area contributed by atoms with Crippen molar-refractivity contribution >= 4 is 11.9 Å². The van der Waals surface area contributed by atoms with E-state index in [4.69, 9.17) is 0 Å². The molecule has 1 atom stereocenters. The lowest BCUT2D eigenvalue weighted by atomic mass is 10.0. The number of amides is 1. The van der Waals surface area contributed by atoms with Gasteiger partial charge in [0.1, 0.15) is 5.75 Å². The number of carbonyl (C=O) groups is 2. The minimum atomic E-state index is -1.09. The molecule has 0 saturated heterocycles. The number of aliphatic carboxylic acids is 1. The molecule has 2 rings (SSSR count). The Morgan fingerprint density at radius 1 is 1.13 bits per heavy atom. The second-order valence-electron chi connectivity index (χ2n) is 5.42. The van der Waals surface area contributed by atoms with Gasteiger partial charge in [0.2, 0.25) is 5.91 Å². The summed E-state index contributed by atoms with van der Waals surface area (Å²) in [6.07, 6.45) is 0.659. The van der Waals surface area contributed by atoms with Gasteiger partial charge in [0.15, 0.2) is 6.04 Å². The standard InChI is InChI=1S/C18H19NO4/c1-12-3-2-4-14(11-12)17(18(22)23)19-16(21)10-7-13-5-8-15(20)9-6-13/h2-6,8-9,11,17,20H,7,10H2,1H3,(H,19,21)(H,22,23)/t17-/m1/s1. The summed E-state index contributed by atoms with van der Waals surface area (Å²) in [6.45, 7) is 1.87. The Morgan fingerprint density at radius 2 is 1.83 bits per heavy atom. The summed E-state index contributed by atoms with van der Waals surface area (Å²) in [5.74, 6) is -1.25. The van der Waals surface area contributed by atoms with Gasteiger partial charge in [-0.3, -0.25) is 4.79 Å². The molecule has 0 aliphatic heterocycles. The first-order chi connectivity index (χ1) is 11.0. The molecule has 0 spiro atoms. The van der Waals surface area contributed by atoms with Gasteiger partial charge in [-0.15, -0.1) is 0 Å². The molecule has 120 valence electrons. The van der Waals surface area contributed by atoms with Crippen molar-refractivity contribution in [3.8, 4) is 5.75 Å². The summed E-state index contributed by atoms with van der Waals surface area (Å²) in [5, 5.41) is 21.1. The molecule has 0 fully saturated rings. The first-order valence-corrected chi connectivity index (χ1v) is 7.32. The average Bonchev–Trinajstić information content (AvgIpc) is 2.51. The fourth-order valence-electron chi connectivity index (χ4n) is 2.29. The van der Waals surface area contributed by atoms with Crippen LogP contribution in [0.5, 0.6) is 5.75 Å². The number of hydrogen-bond donors (Lipinski definition) is 3. The SMILES string of the molecule is Cc1cccc([C@@H](NC(=O)CCc2ccc(O)cc2)C(=O)O)c1. The summed E-state index contributed by atoms with van der Waals surface area (Å²) in [4.78, 5) is 23.4. The molecule has 0 heterocycles. The van der Waals surface area contributed by atoms with Gasteiger partial charge in [0.25, 0.3) is 0 Å². The van der Waals surface area contributed by atoms with Crippen molar-refractivity contribution in [2.75, 3.05) is 0 Å². The number of carboxylic acids is 1. The summed E-state index contributed by atoms with van der Waals surface area (Å²) < 4.78 is 0. The van der Waals surface area contributed by atoms with E-state index in [0.717, 1.165) is 11.1 Å². The lowest BCUT2D eigenvalue weighted by Gasteiger charge is -2.15. The first kappa shape index (κ1) is 16.5. The zero-order valence-electron chi connectivity index (χ0n) is 12.8. The van der Waals surface area contributed by atoms with Crippen molar-refractivity contribution in [3.63, 3.8) is 0 Å². The highest BCUT2D eigenvalue weighted by atomic mass is 16.4. The smallest absolute Gasteiger partial charge is 0.330 e. The summed E-state index contributed by atoms with van der Waals surface area (Å²) in [5.41, 5.74) is 2.39. The second-order valence-corrected chi connectivity index (χ2v) is 5.42. The lowest BCUT2D eigenvalue weighted by Crippen LogP contribution is -2.33.